The van der Waals surface area contributed by atoms with Crippen LogP contribution in [0.3, 0.4) is 0 Å². The number of carbonyl (C=O) groups is 2. The number of rotatable bonds is 3. The van der Waals surface area contributed by atoms with Crippen molar-refractivity contribution in [3.05, 3.63) is 29.6 Å². The third-order valence-corrected chi connectivity index (χ3v) is 4.17. The smallest absolute Gasteiger partial charge is 0.335 e. The molecule has 1 aliphatic rings. The van der Waals surface area contributed by atoms with E-state index in [0.717, 1.165) is 25.7 Å². The van der Waals surface area contributed by atoms with E-state index in [0.29, 0.717) is 0 Å². The molecule has 0 spiro atoms. The molecule has 5 heteroatoms. The van der Waals surface area contributed by atoms with Gasteiger partial charge in [0, 0.05) is 19.3 Å². The molecule has 0 atom stereocenters. The minimum Gasteiger partial charge on any atom is -0.478 e. The van der Waals surface area contributed by atoms with E-state index in [1.54, 1.807) is 11.9 Å². The Kier molecular flexibility index (Phi) is 5.31. The van der Waals surface area contributed by atoms with Crippen molar-refractivity contribution < 1.29 is 14.7 Å². The van der Waals surface area contributed by atoms with Gasteiger partial charge in [-0.05, 0) is 25.0 Å². The molecule has 5 nitrogen and oxygen atoms in total. The lowest BCUT2D eigenvalue weighted by Crippen LogP contribution is -2.38. The highest BCUT2D eigenvalue weighted by Gasteiger charge is 2.23. The number of aromatic carboxylic acids is 1. The summed E-state index contributed by atoms with van der Waals surface area (Å²) in [5.41, 5.74) is 0.305. The van der Waals surface area contributed by atoms with Crippen molar-refractivity contribution in [2.24, 2.45) is 0 Å². The summed E-state index contributed by atoms with van der Waals surface area (Å²) in [6.45, 7) is 0. The van der Waals surface area contributed by atoms with Crippen LogP contribution in [0.4, 0.5) is 0 Å². The van der Waals surface area contributed by atoms with E-state index in [4.69, 9.17) is 5.11 Å². The number of carboxylic acid groups (broad SMARTS) is 1. The second-order valence-electron chi connectivity index (χ2n) is 5.65. The predicted octanol–water partition coefficient (Wildman–Crippen LogP) is 2.96. The van der Waals surface area contributed by atoms with Crippen molar-refractivity contribution in [2.75, 3.05) is 7.05 Å². The fraction of sp³-hybridized carbons (Fsp3) is 0.562. The van der Waals surface area contributed by atoms with Gasteiger partial charge in [-0.25, -0.2) is 4.79 Å². The van der Waals surface area contributed by atoms with E-state index in [-0.39, 0.29) is 23.2 Å². The van der Waals surface area contributed by atoms with Crippen molar-refractivity contribution in [1.82, 2.24) is 9.88 Å². The van der Waals surface area contributed by atoms with Gasteiger partial charge in [-0.3, -0.25) is 9.78 Å². The Hall–Kier alpha value is -1.91. The van der Waals surface area contributed by atoms with Gasteiger partial charge in [0.25, 0.3) is 5.91 Å². The van der Waals surface area contributed by atoms with Crippen LogP contribution in [0.25, 0.3) is 0 Å². The van der Waals surface area contributed by atoms with Crippen LogP contribution >= 0.6 is 0 Å². The van der Waals surface area contributed by atoms with E-state index >= 15 is 0 Å². The van der Waals surface area contributed by atoms with Crippen molar-refractivity contribution in [3.8, 4) is 0 Å². The quantitative estimate of drug-likeness (QED) is 0.929. The lowest BCUT2D eigenvalue weighted by molar-refractivity contribution is 0.0696. The van der Waals surface area contributed by atoms with Gasteiger partial charge in [0.15, 0.2) is 0 Å². The molecule has 1 fully saturated rings. The van der Waals surface area contributed by atoms with Gasteiger partial charge >= 0.3 is 5.97 Å². The molecule has 0 unspecified atom stereocenters. The van der Waals surface area contributed by atoms with Gasteiger partial charge in [0.1, 0.15) is 5.69 Å². The summed E-state index contributed by atoms with van der Waals surface area (Å²) in [5.74, 6) is -1.23. The average molecular weight is 290 g/mol. The number of hydrogen-bond donors (Lipinski definition) is 1. The van der Waals surface area contributed by atoms with Crippen LogP contribution in [0.15, 0.2) is 18.3 Å². The number of nitrogens with zero attached hydrogens (tertiary/aromatic N) is 2. The number of aromatic nitrogens is 1. The Morgan fingerprint density at radius 1 is 1.19 bits per heavy atom. The zero-order valence-electron chi connectivity index (χ0n) is 12.4. The summed E-state index contributed by atoms with van der Waals surface area (Å²) in [5, 5.41) is 8.99. The van der Waals surface area contributed by atoms with E-state index in [1.165, 1.54) is 37.6 Å². The van der Waals surface area contributed by atoms with Crippen molar-refractivity contribution in [3.63, 3.8) is 0 Å². The maximum Gasteiger partial charge on any atom is 0.335 e. The maximum atomic E-state index is 12.5. The van der Waals surface area contributed by atoms with Crippen LogP contribution in [0.2, 0.25) is 0 Å². The topological polar surface area (TPSA) is 70.5 Å². The molecular formula is C16H22N2O3. The Balaban J connectivity index is 2.10. The lowest BCUT2D eigenvalue weighted by Gasteiger charge is -2.29. The van der Waals surface area contributed by atoms with Gasteiger partial charge < -0.3 is 10.0 Å². The molecule has 1 heterocycles. The van der Waals surface area contributed by atoms with Gasteiger partial charge in [-0.15, -0.1) is 0 Å². The van der Waals surface area contributed by atoms with Crippen molar-refractivity contribution in [2.45, 2.75) is 51.0 Å². The molecule has 0 aromatic carbocycles. The summed E-state index contributed by atoms with van der Waals surface area (Å²) < 4.78 is 0. The zero-order chi connectivity index (χ0) is 15.2. The van der Waals surface area contributed by atoms with Crippen LogP contribution in [-0.2, 0) is 0 Å². The second-order valence-corrected chi connectivity index (χ2v) is 5.65. The fourth-order valence-corrected chi connectivity index (χ4v) is 2.85. The molecule has 1 amide bonds. The predicted molar refractivity (Wildman–Crippen MR) is 79.4 cm³/mol. The first-order chi connectivity index (χ1) is 10.1. The van der Waals surface area contributed by atoms with Gasteiger partial charge in [0.2, 0.25) is 0 Å². The third kappa shape index (κ3) is 4.03. The molecule has 1 saturated carbocycles. The summed E-state index contributed by atoms with van der Waals surface area (Å²) in [7, 11) is 1.80. The minimum absolute atomic E-state index is 0.0967. The number of pyridine rings is 1. The SMILES string of the molecule is CN(C(=O)c1cc(C(=O)O)ccn1)C1CCCCCCC1. The number of carbonyl (C=O) groups excluding carboxylic acids is 1. The lowest BCUT2D eigenvalue weighted by atomic mass is 9.95. The minimum atomic E-state index is -1.04. The molecule has 1 N–H and O–H groups in total. The molecule has 21 heavy (non-hydrogen) atoms. The summed E-state index contributed by atoms with van der Waals surface area (Å²) in [4.78, 5) is 29.2. The first kappa shape index (κ1) is 15.5. The molecule has 1 aliphatic carbocycles. The zero-order valence-corrected chi connectivity index (χ0v) is 12.4. The maximum absolute atomic E-state index is 12.5. The van der Waals surface area contributed by atoms with E-state index in [1.807, 2.05) is 0 Å². The van der Waals surface area contributed by atoms with Crippen LogP contribution in [0.1, 0.15) is 65.8 Å². The number of amides is 1. The highest BCUT2D eigenvalue weighted by Crippen LogP contribution is 2.21. The average Bonchev–Trinajstić information content (AvgIpc) is 2.45. The Morgan fingerprint density at radius 3 is 2.43 bits per heavy atom. The van der Waals surface area contributed by atoms with E-state index < -0.39 is 5.97 Å². The van der Waals surface area contributed by atoms with Crippen LogP contribution in [-0.4, -0.2) is 40.0 Å². The molecule has 1 aromatic rings. The molecule has 0 aliphatic heterocycles. The molecule has 2 rings (SSSR count). The normalized spacial score (nSPS) is 16.8. The van der Waals surface area contributed by atoms with Crippen molar-refractivity contribution >= 4 is 11.9 Å². The van der Waals surface area contributed by atoms with Crippen LogP contribution < -0.4 is 0 Å². The standard InChI is InChI=1S/C16H22N2O3/c1-18(13-7-5-3-2-4-6-8-13)15(19)14-11-12(16(20)21)9-10-17-14/h9-11,13H,2-8H2,1H3,(H,20,21). The van der Waals surface area contributed by atoms with Gasteiger partial charge in [0.05, 0.1) is 5.56 Å². The van der Waals surface area contributed by atoms with Gasteiger partial charge in [-0.2, -0.15) is 0 Å². The highest BCUT2D eigenvalue weighted by molar-refractivity contribution is 5.95. The fourth-order valence-electron chi connectivity index (χ4n) is 2.85. The second kappa shape index (κ2) is 7.20. The summed E-state index contributed by atoms with van der Waals surface area (Å²) >= 11 is 0. The summed E-state index contributed by atoms with van der Waals surface area (Å²) in [6.07, 6.45) is 9.43. The first-order valence-corrected chi connectivity index (χ1v) is 7.56. The Bertz CT molecular complexity index is 508. The van der Waals surface area contributed by atoms with Crippen molar-refractivity contribution in [1.29, 1.82) is 0 Å². The Labute approximate surface area is 125 Å². The molecule has 0 bridgehead atoms. The highest BCUT2D eigenvalue weighted by atomic mass is 16.4. The van der Waals surface area contributed by atoms with Crippen LogP contribution in [0.5, 0.6) is 0 Å². The molecular weight excluding hydrogens is 268 g/mol. The molecule has 0 radical (unpaired) electrons. The first-order valence-electron chi connectivity index (χ1n) is 7.56. The molecule has 1 aromatic heterocycles. The number of carboxylic acids is 1. The Morgan fingerprint density at radius 2 is 1.81 bits per heavy atom. The largest absolute Gasteiger partial charge is 0.478 e. The summed E-state index contributed by atoms with van der Waals surface area (Å²) in [6, 6.07) is 2.98. The number of hydrogen-bond acceptors (Lipinski definition) is 3. The van der Waals surface area contributed by atoms with E-state index in [9.17, 15) is 9.59 Å². The van der Waals surface area contributed by atoms with E-state index in [2.05, 4.69) is 4.98 Å². The monoisotopic (exact) mass is 290 g/mol. The molecule has 114 valence electrons. The third-order valence-electron chi connectivity index (χ3n) is 4.17. The van der Waals surface area contributed by atoms with Gasteiger partial charge in [-0.1, -0.05) is 32.1 Å². The van der Waals surface area contributed by atoms with Crippen LogP contribution in [0, 0.1) is 0 Å². The molecule has 0 saturated heterocycles.